The third-order valence-electron chi connectivity index (χ3n) is 1.88. The Morgan fingerprint density at radius 3 is 3.07 bits per heavy atom. The third kappa shape index (κ3) is 2.15. The molecular weight excluding hydrogens is 189 g/mol. The van der Waals surface area contributed by atoms with Gasteiger partial charge in [-0.05, 0) is 6.07 Å². The van der Waals surface area contributed by atoms with Gasteiger partial charge in [-0.15, -0.1) is 5.10 Å². The van der Waals surface area contributed by atoms with E-state index in [0.29, 0.717) is 5.95 Å². The average Bonchev–Trinajstić information content (AvgIpc) is 2.53. The Kier molecular flexibility index (Phi) is 2.41. The number of nitrogens with zero attached hydrogens (tertiary/aromatic N) is 5. The second-order valence-electron chi connectivity index (χ2n) is 3.65. The third-order valence-corrected chi connectivity index (χ3v) is 1.88. The zero-order valence-corrected chi connectivity index (χ0v) is 9.05. The highest BCUT2D eigenvalue weighted by molar-refractivity contribution is 6.32. The molecule has 2 heterocycles. The molecule has 0 saturated heterocycles. The molecule has 76 valence electrons. The Morgan fingerprint density at radius 1 is 1.53 bits per heavy atom. The van der Waals surface area contributed by atoms with E-state index in [-0.39, 0.29) is 0 Å². The maximum absolute atomic E-state index is 4.25. The van der Waals surface area contributed by atoms with Crippen LogP contribution < -0.4 is 5.46 Å². The molecule has 0 aliphatic rings. The van der Waals surface area contributed by atoms with E-state index in [1.54, 1.807) is 17.1 Å². The number of aromatic nitrogens is 3. The minimum atomic E-state index is 0.465. The van der Waals surface area contributed by atoms with Crippen LogP contribution in [0.2, 0.25) is 0 Å². The van der Waals surface area contributed by atoms with Gasteiger partial charge in [0, 0.05) is 20.3 Å². The van der Waals surface area contributed by atoms with Crippen molar-refractivity contribution in [2.45, 2.75) is 0 Å². The molecule has 0 saturated carbocycles. The first kappa shape index (κ1) is 9.70. The van der Waals surface area contributed by atoms with Crippen LogP contribution in [0.25, 0.3) is 5.52 Å². The number of hydrogen-bond donors (Lipinski definition) is 0. The lowest BCUT2D eigenvalue weighted by molar-refractivity contribution is 0.642. The fourth-order valence-corrected chi connectivity index (χ4v) is 1.26. The predicted octanol–water partition coefficient (Wildman–Crippen LogP) is -0.791. The van der Waals surface area contributed by atoms with Gasteiger partial charge in [0.2, 0.25) is 0 Å². The van der Waals surface area contributed by atoms with Crippen LogP contribution in [0.3, 0.4) is 0 Å². The lowest BCUT2D eigenvalue weighted by atomic mass is 10.0. The van der Waals surface area contributed by atoms with Crippen LogP contribution in [0.5, 0.6) is 0 Å². The van der Waals surface area contributed by atoms with Gasteiger partial charge < -0.3 is 4.90 Å². The summed E-state index contributed by atoms with van der Waals surface area (Å²) in [5, 5.41) is 4.25. The molecule has 0 aliphatic heterocycles. The highest BCUT2D eigenvalue weighted by Gasteiger charge is 1.98. The van der Waals surface area contributed by atoms with Crippen LogP contribution in [-0.2, 0) is 0 Å². The summed E-state index contributed by atoms with van der Waals surface area (Å²) in [5.74, 6) is 0.465. The molecule has 0 spiro atoms. The van der Waals surface area contributed by atoms with Gasteiger partial charge in [0.05, 0.1) is 18.1 Å². The number of rotatable bonds is 2. The van der Waals surface area contributed by atoms with Crippen LogP contribution in [-0.4, -0.2) is 47.8 Å². The summed E-state index contributed by atoms with van der Waals surface area (Å²) in [6.45, 7) is 0. The molecule has 0 bridgehead atoms. The zero-order valence-electron chi connectivity index (χ0n) is 9.05. The maximum atomic E-state index is 4.25. The largest absolute Gasteiger partial charge is 0.369 e. The van der Waals surface area contributed by atoms with Crippen molar-refractivity contribution in [1.29, 1.82) is 0 Å². The second-order valence-corrected chi connectivity index (χ2v) is 3.65. The molecule has 0 radical (unpaired) electrons. The summed E-state index contributed by atoms with van der Waals surface area (Å²) in [5.41, 5.74) is 2.15. The maximum Gasteiger partial charge on any atom is 0.268 e. The van der Waals surface area contributed by atoms with E-state index in [2.05, 4.69) is 15.1 Å². The SMILES string of the molecule is Bc1cc2cnc(/N=C/N(C)C)nn2c1. The fraction of sp³-hybridized carbons (Fsp3) is 0.222. The molecule has 5 nitrogen and oxygen atoms in total. The summed E-state index contributed by atoms with van der Waals surface area (Å²) >= 11 is 0. The van der Waals surface area contributed by atoms with Crippen molar-refractivity contribution in [3.8, 4) is 0 Å². The van der Waals surface area contributed by atoms with Crippen molar-refractivity contribution in [3.63, 3.8) is 0 Å². The Bertz CT molecular complexity index is 502. The molecule has 0 amide bonds. The standard InChI is InChI=1S/C9H12BN5/c1-14(2)6-12-9-11-4-8-3-7(10)5-15(8)13-9/h3-6H,10H2,1-2H3/b12-6+. The summed E-state index contributed by atoms with van der Waals surface area (Å²) < 4.78 is 1.78. The molecule has 0 aliphatic carbocycles. The van der Waals surface area contributed by atoms with Crippen LogP contribution >= 0.6 is 0 Å². The fourth-order valence-electron chi connectivity index (χ4n) is 1.26. The average molecular weight is 201 g/mol. The highest BCUT2D eigenvalue weighted by atomic mass is 15.3. The topological polar surface area (TPSA) is 45.8 Å². The number of fused-ring (bicyclic) bond motifs is 1. The predicted molar refractivity (Wildman–Crippen MR) is 63.0 cm³/mol. The molecule has 0 unspecified atom stereocenters. The molecular formula is C9H12BN5. The van der Waals surface area contributed by atoms with Gasteiger partial charge in [-0.2, -0.15) is 0 Å². The summed E-state index contributed by atoms with van der Waals surface area (Å²) in [6, 6.07) is 2.03. The van der Waals surface area contributed by atoms with Gasteiger partial charge in [-0.1, -0.05) is 5.46 Å². The monoisotopic (exact) mass is 201 g/mol. The van der Waals surface area contributed by atoms with Gasteiger partial charge in [0.1, 0.15) is 7.85 Å². The van der Waals surface area contributed by atoms with Crippen LogP contribution in [0.1, 0.15) is 0 Å². The zero-order chi connectivity index (χ0) is 10.8. The van der Waals surface area contributed by atoms with E-state index in [0.717, 1.165) is 11.0 Å². The number of hydrogen-bond acceptors (Lipinski definition) is 3. The molecule has 0 aromatic carbocycles. The van der Waals surface area contributed by atoms with E-state index in [1.165, 1.54) is 0 Å². The first-order valence-electron chi connectivity index (χ1n) is 4.68. The van der Waals surface area contributed by atoms with E-state index in [9.17, 15) is 0 Å². The molecule has 0 atom stereocenters. The molecule has 6 heteroatoms. The van der Waals surface area contributed by atoms with Crippen molar-refractivity contribution in [3.05, 3.63) is 18.5 Å². The highest BCUT2D eigenvalue weighted by Crippen LogP contribution is 2.04. The van der Waals surface area contributed by atoms with Crippen LogP contribution in [0.15, 0.2) is 23.5 Å². The first-order valence-corrected chi connectivity index (χ1v) is 4.68. The minimum Gasteiger partial charge on any atom is -0.369 e. The molecule has 0 fully saturated rings. The van der Waals surface area contributed by atoms with Crippen molar-refractivity contribution in [2.24, 2.45) is 4.99 Å². The molecule has 2 rings (SSSR count). The Hall–Kier alpha value is -1.85. The van der Waals surface area contributed by atoms with Gasteiger partial charge in [-0.3, -0.25) is 0 Å². The van der Waals surface area contributed by atoms with Crippen molar-refractivity contribution in [1.82, 2.24) is 19.5 Å². The minimum absolute atomic E-state index is 0.465. The Morgan fingerprint density at radius 2 is 2.33 bits per heavy atom. The normalized spacial score (nSPS) is 11.3. The quantitative estimate of drug-likeness (QED) is 0.363. The summed E-state index contributed by atoms with van der Waals surface area (Å²) in [7, 11) is 5.83. The van der Waals surface area contributed by atoms with Crippen molar-refractivity contribution in [2.75, 3.05) is 14.1 Å². The van der Waals surface area contributed by atoms with E-state index in [1.807, 2.05) is 39.1 Å². The molecule has 0 N–H and O–H groups in total. The first-order chi connectivity index (χ1) is 7.15. The summed E-state index contributed by atoms with van der Waals surface area (Å²) in [4.78, 5) is 10.1. The van der Waals surface area contributed by atoms with Gasteiger partial charge in [-0.25, -0.2) is 14.5 Å². The van der Waals surface area contributed by atoms with Gasteiger partial charge in [0.15, 0.2) is 0 Å². The van der Waals surface area contributed by atoms with Crippen LogP contribution in [0.4, 0.5) is 5.95 Å². The lowest BCUT2D eigenvalue weighted by Crippen LogP contribution is -2.07. The Balaban J connectivity index is 2.38. The van der Waals surface area contributed by atoms with E-state index >= 15 is 0 Å². The van der Waals surface area contributed by atoms with E-state index < -0.39 is 0 Å². The molecule has 2 aromatic heterocycles. The lowest BCUT2D eigenvalue weighted by Gasteiger charge is -2.01. The molecule has 2 aromatic rings. The second kappa shape index (κ2) is 3.72. The van der Waals surface area contributed by atoms with Crippen molar-refractivity contribution < 1.29 is 0 Å². The van der Waals surface area contributed by atoms with Gasteiger partial charge >= 0.3 is 0 Å². The molecule has 15 heavy (non-hydrogen) atoms. The Labute approximate surface area is 88.9 Å². The van der Waals surface area contributed by atoms with Crippen LogP contribution in [0, 0.1) is 0 Å². The number of aliphatic imine (C=N–C) groups is 1. The van der Waals surface area contributed by atoms with Gasteiger partial charge in [0.25, 0.3) is 5.95 Å². The van der Waals surface area contributed by atoms with Crippen molar-refractivity contribution >= 4 is 31.1 Å². The summed E-state index contributed by atoms with van der Waals surface area (Å²) in [6.07, 6.45) is 5.39. The van der Waals surface area contributed by atoms with E-state index in [4.69, 9.17) is 0 Å². The smallest absolute Gasteiger partial charge is 0.268 e.